The number of aromatic carboxylic acids is 1. The zero-order valence-electron chi connectivity index (χ0n) is 11.3. The number of hydrogen-bond donors (Lipinski definition) is 1. The maximum absolute atomic E-state index is 14.1. The van der Waals surface area contributed by atoms with Crippen LogP contribution in [0.15, 0.2) is 48.7 Å². The van der Waals surface area contributed by atoms with Gasteiger partial charge in [-0.05, 0) is 42.3 Å². The van der Waals surface area contributed by atoms with Gasteiger partial charge in [0.25, 0.3) is 0 Å². The Balaban J connectivity index is 2.40. The van der Waals surface area contributed by atoms with Gasteiger partial charge in [0.1, 0.15) is 5.82 Å². The first-order valence-electron chi connectivity index (χ1n) is 6.45. The molecule has 3 rings (SSSR count). The van der Waals surface area contributed by atoms with Crippen LogP contribution in [0.4, 0.5) is 4.39 Å². The van der Waals surface area contributed by atoms with Gasteiger partial charge >= 0.3 is 5.97 Å². The maximum Gasteiger partial charge on any atom is 0.335 e. The lowest BCUT2D eigenvalue weighted by molar-refractivity contribution is 0.0697. The first kappa shape index (κ1) is 13.2. The lowest BCUT2D eigenvalue weighted by Gasteiger charge is -2.11. The van der Waals surface area contributed by atoms with Crippen molar-refractivity contribution in [2.75, 3.05) is 0 Å². The van der Waals surface area contributed by atoms with E-state index in [-0.39, 0.29) is 11.4 Å². The Labute approximate surface area is 120 Å². The zero-order chi connectivity index (χ0) is 15.0. The molecule has 1 aromatic heterocycles. The summed E-state index contributed by atoms with van der Waals surface area (Å²) >= 11 is 0. The first-order chi connectivity index (χ1) is 10.1. The van der Waals surface area contributed by atoms with Crippen molar-refractivity contribution in [2.45, 2.75) is 6.92 Å². The van der Waals surface area contributed by atoms with Crippen molar-refractivity contribution in [3.63, 3.8) is 0 Å². The van der Waals surface area contributed by atoms with Crippen LogP contribution in [0.1, 0.15) is 15.9 Å². The van der Waals surface area contributed by atoms with Crippen LogP contribution in [-0.4, -0.2) is 16.1 Å². The van der Waals surface area contributed by atoms with Gasteiger partial charge in [0, 0.05) is 17.1 Å². The summed E-state index contributed by atoms with van der Waals surface area (Å²) in [6.45, 7) is 1.83. The van der Waals surface area contributed by atoms with E-state index >= 15 is 0 Å². The standard InChI is InChI=1S/C17H12FNO2/c1-10-9-19-15-7-6-11(17(20)21)8-13(15)16(10)12-4-2-3-5-14(12)18/h2-9H,1H3,(H,20,21). The van der Waals surface area contributed by atoms with Crippen molar-refractivity contribution >= 4 is 16.9 Å². The molecule has 0 unspecified atom stereocenters. The molecule has 3 nitrogen and oxygen atoms in total. The second kappa shape index (κ2) is 4.98. The summed E-state index contributed by atoms with van der Waals surface area (Å²) in [5.74, 6) is -1.35. The maximum atomic E-state index is 14.1. The molecular weight excluding hydrogens is 269 g/mol. The number of fused-ring (bicyclic) bond motifs is 1. The van der Waals surface area contributed by atoms with E-state index in [4.69, 9.17) is 5.11 Å². The van der Waals surface area contributed by atoms with E-state index in [0.29, 0.717) is 22.0 Å². The summed E-state index contributed by atoms with van der Waals surface area (Å²) in [4.78, 5) is 15.4. The Kier molecular flexibility index (Phi) is 3.14. The molecule has 0 saturated heterocycles. The topological polar surface area (TPSA) is 50.2 Å². The molecule has 3 aromatic rings. The van der Waals surface area contributed by atoms with Gasteiger partial charge in [-0.25, -0.2) is 9.18 Å². The minimum atomic E-state index is -1.02. The molecule has 104 valence electrons. The number of hydrogen-bond acceptors (Lipinski definition) is 2. The largest absolute Gasteiger partial charge is 0.478 e. The van der Waals surface area contributed by atoms with Crippen molar-refractivity contribution in [3.8, 4) is 11.1 Å². The van der Waals surface area contributed by atoms with E-state index < -0.39 is 5.97 Å². The van der Waals surface area contributed by atoms with Crippen LogP contribution in [0.3, 0.4) is 0 Å². The van der Waals surface area contributed by atoms with E-state index in [1.54, 1.807) is 36.5 Å². The lowest BCUT2D eigenvalue weighted by atomic mass is 9.95. The molecule has 0 aliphatic heterocycles. The van der Waals surface area contributed by atoms with Gasteiger partial charge in [-0.1, -0.05) is 18.2 Å². The van der Waals surface area contributed by atoms with Crippen LogP contribution >= 0.6 is 0 Å². The third kappa shape index (κ3) is 2.25. The number of pyridine rings is 1. The summed E-state index contributed by atoms with van der Waals surface area (Å²) < 4.78 is 14.1. The van der Waals surface area contributed by atoms with Crippen molar-refractivity contribution in [1.82, 2.24) is 4.98 Å². The fraction of sp³-hybridized carbons (Fsp3) is 0.0588. The highest BCUT2D eigenvalue weighted by molar-refractivity contribution is 6.00. The van der Waals surface area contributed by atoms with Crippen LogP contribution in [0.25, 0.3) is 22.0 Å². The predicted octanol–water partition coefficient (Wildman–Crippen LogP) is 4.05. The summed E-state index contributed by atoms with van der Waals surface area (Å²) in [5.41, 5.74) is 2.73. The molecule has 0 spiro atoms. The SMILES string of the molecule is Cc1cnc2ccc(C(=O)O)cc2c1-c1ccccc1F. The molecule has 4 heteroatoms. The lowest BCUT2D eigenvalue weighted by Crippen LogP contribution is -1.98. The van der Waals surface area contributed by atoms with E-state index in [9.17, 15) is 9.18 Å². The fourth-order valence-corrected chi connectivity index (χ4v) is 2.45. The molecule has 0 atom stereocenters. The van der Waals surface area contributed by atoms with Gasteiger partial charge in [-0.15, -0.1) is 0 Å². The first-order valence-corrected chi connectivity index (χ1v) is 6.45. The number of halogens is 1. The molecule has 1 heterocycles. The second-order valence-corrected chi connectivity index (χ2v) is 4.83. The third-order valence-corrected chi connectivity index (χ3v) is 3.45. The van der Waals surface area contributed by atoms with Crippen molar-refractivity contribution in [2.24, 2.45) is 0 Å². The highest BCUT2D eigenvalue weighted by Crippen LogP contribution is 2.32. The molecule has 0 saturated carbocycles. The van der Waals surface area contributed by atoms with Crippen molar-refractivity contribution < 1.29 is 14.3 Å². The van der Waals surface area contributed by atoms with Gasteiger partial charge in [0.15, 0.2) is 0 Å². The van der Waals surface area contributed by atoms with Crippen LogP contribution < -0.4 is 0 Å². The number of carboxylic acid groups (broad SMARTS) is 1. The van der Waals surface area contributed by atoms with E-state index in [1.807, 2.05) is 6.92 Å². The van der Waals surface area contributed by atoms with Gasteiger partial charge in [-0.2, -0.15) is 0 Å². The fourth-order valence-electron chi connectivity index (χ4n) is 2.45. The van der Waals surface area contributed by atoms with Crippen LogP contribution in [0.2, 0.25) is 0 Å². The highest BCUT2D eigenvalue weighted by Gasteiger charge is 2.14. The third-order valence-electron chi connectivity index (χ3n) is 3.45. The number of nitrogens with zero attached hydrogens (tertiary/aromatic N) is 1. The number of aromatic nitrogens is 1. The Hall–Kier alpha value is -2.75. The molecule has 21 heavy (non-hydrogen) atoms. The molecule has 0 amide bonds. The minimum Gasteiger partial charge on any atom is -0.478 e. The molecule has 0 aliphatic rings. The predicted molar refractivity (Wildman–Crippen MR) is 78.8 cm³/mol. The summed E-state index contributed by atoms with van der Waals surface area (Å²) in [5, 5.41) is 9.77. The van der Waals surface area contributed by atoms with Gasteiger partial charge in [0.05, 0.1) is 11.1 Å². The van der Waals surface area contributed by atoms with Gasteiger partial charge in [-0.3, -0.25) is 4.98 Å². The van der Waals surface area contributed by atoms with E-state index in [1.165, 1.54) is 12.1 Å². The molecule has 2 aromatic carbocycles. The smallest absolute Gasteiger partial charge is 0.335 e. The van der Waals surface area contributed by atoms with E-state index in [2.05, 4.69) is 4.98 Å². The quantitative estimate of drug-likeness (QED) is 0.771. The van der Waals surface area contributed by atoms with Crippen LogP contribution in [-0.2, 0) is 0 Å². The average Bonchev–Trinajstić information content (AvgIpc) is 2.48. The number of benzene rings is 2. The van der Waals surface area contributed by atoms with Crippen molar-refractivity contribution in [3.05, 3.63) is 65.6 Å². The molecule has 0 fully saturated rings. The Morgan fingerprint density at radius 3 is 2.67 bits per heavy atom. The van der Waals surface area contributed by atoms with E-state index in [0.717, 1.165) is 5.56 Å². The van der Waals surface area contributed by atoms with Gasteiger partial charge in [0.2, 0.25) is 0 Å². The van der Waals surface area contributed by atoms with Crippen LogP contribution in [0, 0.1) is 12.7 Å². The summed E-state index contributed by atoms with van der Waals surface area (Å²) in [7, 11) is 0. The Bertz CT molecular complexity index is 859. The highest BCUT2D eigenvalue weighted by atomic mass is 19.1. The molecule has 0 bridgehead atoms. The number of carboxylic acids is 1. The summed E-state index contributed by atoms with van der Waals surface area (Å²) in [6, 6.07) is 11.1. The number of rotatable bonds is 2. The zero-order valence-corrected chi connectivity index (χ0v) is 11.3. The Morgan fingerprint density at radius 1 is 1.19 bits per heavy atom. The molecular formula is C17H12FNO2. The average molecular weight is 281 g/mol. The molecule has 1 N–H and O–H groups in total. The molecule has 0 radical (unpaired) electrons. The monoisotopic (exact) mass is 281 g/mol. The summed E-state index contributed by atoms with van der Waals surface area (Å²) in [6.07, 6.45) is 1.67. The van der Waals surface area contributed by atoms with Gasteiger partial charge < -0.3 is 5.11 Å². The second-order valence-electron chi connectivity index (χ2n) is 4.83. The number of carbonyl (C=O) groups is 1. The van der Waals surface area contributed by atoms with Crippen molar-refractivity contribution in [1.29, 1.82) is 0 Å². The normalized spacial score (nSPS) is 10.8. The molecule has 0 aliphatic carbocycles. The van der Waals surface area contributed by atoms with Crippen LogP contribution in [0.5, 0.6) is 0 Å². The number of aryl methyl sites for hydroxylation is 1. The Morgan fingerprint density at radius 2 is 1.95 bits per heavy atom. The minimum absolute atomic E-state index is 0.160.